The van der Waals surface area contributed by atoms with Crippen LogP contribution in [0.5, 0.6) is 0 Å². The summed E-state index contributed by atoms with van der Waals surface area (Å²) in [5.74, 6) is -0.360. The lowest BCUT2D eigenvalue weighted by molar-refractivity contribution is 0.102. The molecule has 1 aromatic heterocycles. The van der Waals surface area contributed by atoms with Crippen molar-refractivity contribution in [2.45, 2.75) is 24.7 Å². The number of hydrogen-bond acceptors (Lipinski definition) is 6. The van der Waals surface area contributed by atoms with Crippen LogP contribution in [-0.2, 0) is 16.6 Å². The number of sulfonamides is 1. The van der Waals surface area contributed by atoms with Gasteiger partial charge in [-0.2, -0.15) is 0 Å². The van der Waals surface area contributed by atoms with Crippen LogP contribution in [0.2, 0.25) is 0 Å². The van der Waals surface area contributed by atoms with Crippen molar-refractivity contribution in [2.24, 2.45) is 0 Å². The van der Waals surface area contributed by atoms with Crippen LogP contribution in [0.3, 0.4) is 0 Å². The second kappa shape index (κ2) is 7.95. The molecule has 0 spiro atoms. The summed E-state index contributed by atoms with van der Waals surface area (Å²) in [5.41, 5.74) is 3.17. The molecule has 0 aliphatic rings. The first-order valence-corrected chi connectivity index (χ1v) is 10.4. The fraction of sp³-hybridized carbons (Fsp3) is 0.167. The second-order valence-electron chi connectivity index (χ2n) is 5.89. The first-order chi connectivity index (χ1) is 12.9. The fourth-order valence-corrected chi connectivity index (χ4v) is 4.35. The van der Waals surface area contributed by atoms with Gasteiger partial charge >= 0.3 is 0 Å². The van der Waals surface area contributed by atoms with Crippen molar-refractivity contribution in [3.8, 4) is 0 Å². The molecule has 0 aliphatic carbocycles. The summed E-state index contributed by atoms with van der Waals surface area (Å²) in [4.78, 5) is 12.3. The summed E-state index contributed by atoms with van der Waals surface area (Å²) in [6, 6.07) is 14.6. The number of carbonyl (C=O) groups is 1. The minimum atomic E-state index is -3.82. The molecule has 9 heteroatoms. The lowest BCUT2D eigenvalue weighted by Gasteiger charge is -2.06. The fourth-order valence-electron chi connectivity index (χ4n) is 2.40. The van der Waals surface area contributed by atoms with E-state index in [1.807, 2.05) is 50.2 Å². The highest BCUT2D eigenvalue weighted by atomic mass is 32.2. The second-order valence-corrected chi connectivity index (χ2v) is 8.81. The van der Waals surface area contributed by atoms with Crippen LogP contribution >= 0.6 is 11.3 Å². The van der Waals surface area contributed by atoms with Crippen molar-refractivity contribution in [3.63, 3.8) is 0 Å². The Morgan fingerprint density at radius 3 is 2.37 bits per heavy atom. The van der Waals surface area contributed by atoms with Crippen molar-refractivity contribution in [1.82, 2.24) is 14.9 Å². The minimum Gasteiger partial charge on any atom is -0.296 e. The summed E-state index contributed by atoms with van der Waals surface area (Å²) in [5, 5.41) is 10.2. The third-order valence-electron chi connectivity index (χ3n) is 3.96. The van der Waals surface area contributed by atoms with E-state index in [0.717, 1.165) is 28.0 Å². The highest BCUT2D eigenvalue weighted by molar-refractivity contribution is 7.91. The zero-order valence-corrected chi connectivity index (χ0v) is 16.4. The number of benzene rings is 2. The first-order valence-electron chi connectivity index (χ1n) is 8.11. The molecular formula is C18H18N4O3S2. The van der Waals surface area contributed by atoms with Gasteiger partial charge in [0, 0.05) is 12.1 Å². The Morgan fingerprint density at radius 1 is 1.00 bits per heavy atom. The smallest absolute Gasteiger partial charge is 0.270 e. The van der Waals surface area contributed by atoms with Gasteiger partial charge in [0.05, 0.1) is 0 Å². The standard InChI is InChI=1S/C18H18N4O3S2/c1-12-7-3-5-9-14(12)11-19-27(24,25)18-22-21-17(26-18)20-16(23)15-10-6-4-8-13(15)2/h3-10,19H,11H2,1-2H3,(H,20,21,23). The number of hydrogen-bond donors (Lipinski definition) is 2. The molecule has 3 rings (SSSR count). The molecule has 27 heavy (non-hydrogen) atoms. The molecular weight excluding hydrogens is 384 g/mol. The van der Waals surface area contributed by atoms with E-state index >= 15 is 0 Å². The van der Waals surface area contributed by atoms with Gasteiger partial charge in [-0.25, -0.2) is 13.1 Å². The van der Waals surface area contributed by atoms with E-state index < -0.39 is 10.0 Å². The van der Waals surface area contributed by atoms with Crippen LogP contribution < -0.4 is 10.0 Å². The average Bonchev–Trinajstić information content (AvgIpc) is 3.11. The zero-order chi connectivity index (χ0) is 19.4. The highest BCUT2D eigenvalue weighted by Gasteiger charge is 2.21. The van der Waals surface area contributed by atoms with Crippen LogP contribution in [0, 0.1) is 13.8 Å². The number of carbonyl (C=O) groups excluding carboxylic acids is 1. The lowest BCUT2D eigenvalue weighted by Crippen LogP contribution is -2.23. The monoisotopic (exact) mass is 402 g/mol. The Labute approximate surface area is 161 Å². The quantitative estimate of drug-likeness (QED) is 0.618. The maximum Gasteiger partial charge on any atom is 0.270 e. The van der Waals surface area contributed by atoms with Crippen LogP contribution in [0.1, 0.15) is 27.0 Å². The van der Waals surface area contributed by atoms with Crippen molar-refractivity contribution in [2.75, 3.05) is 5.32 Å². The van der Waals surface area contributed by atoms with Crippen LogP contribution in [0.25, 0.3) is 0 Å². The maximum absolute atomic E-state index is 12.4. The highest BCUT2D eigenvalue weighted by Crippen LogP contribution is 2.21. The molecule has 7 nitrogen and oxygen atoms in total. The third kappa shape index (κ3) is 4.57. The van der Waals surface area contributed by atoms with Crippen molar-refractivity contribution < 1.29 is 13.2 Å². The molecule has 2 N–H and O–H groups in total. The number of rotatable bonds is 6. The molecule has 3 aromatic rings. The van der Waals surface area contributed by atoms with E-state index in [2.05, 4.69) is 20.2 Å². The third-order valence-corrected chi connectivity index (χ3v) is 6.57. The molecule has 0 aliphatic heterocycles. The molecule has 0 saturated carbocycles. The van der Waals surface area contributed by atoms with Gasteiger partial charge in [-0.15, -0.1) is 10.2 Å². The van der Waals surface area contributed by atoms with Crippen molar-refractivity contribution >= 4 is 32.4 Å². The SMILES string of the molecule is Cc1ccccc1CNS(=O)(=O)c1nnc(NC(=O)c2ccccc2C)s1. The number of amides is 1. The predicted molar refractivity (Wildman–Crippen MR) is 104 cm³/mol. The molecule has 0 fully saturated rings. The van der Waals surface area contributed by atoms with Crippen LogP contribution in [0.4, 0.5) is 5.13 Å². The molecule has 0 radical (unpaired) electrons. The summed E-state index contributed by atoms with van der Waals surface area (Å²) >= 11 is 0.803. The van der Waals surface area contributed by atoms with Gasteiger partial charge in [-0.05, 0) is 36.6 Å². The van der Waals surface area contributed by atoms with Gasteiger partial charge in [-0.3, -0.25) is 10.1 Å². The minimum absolute atomic E-state index is 0.125. The number of aryl methyl sites for hydroxylation is 2. The Balaban J connectivity index is 1.70. The Kier molecular flexibility index (Phi) is 5.64. The molecule has 1 heterocycles. The molecule has 1 amide bonds. The summed E-state index contributed by atoms with van der Waals surface area (Å²) in [6.07, 6.45) is 0. The maximum atomic E-state index is 12.4. The zero-order valence-electron chi connectivity index (χ0n) is 14.8. The topological polar surface area (TPSA) is 101 Å². The predicted octanol–water partition coefficient (Wildman–Crippen LogP) is 2.89. The molecule has 0 saturated heterocycles. The van der Waals surface area contributed by atoms with E-state index in [9.17, 15) is 13.2 Å². The Morgan fingerprint density at radius 2 is 1.67 bits per heavy atom. The largest absolute Gasteiger partial charge is 0.296 e. The molecule has 0 bridgehead atoms. The molecule has 0 unspecified atom stereocenters. The molecule has 140 valence electrons. The van der Waals surface area contributed by atoms with E-state index in [-0.39, 0.29) is 21.9 Å². The molecule has 2 aromatic carbocycles. The first kappa shape index (κ1) is 19.2. The summed E-state index contributed by atoms with van der Waals surface area (Å²) in [7, 11) is -3.82. The van der Waals surface area contributed by atoms with Gasteiger partial charge in [0.1, 0.15) is 0 Å². The van der Waals surface area contributed by atoms with Gasteiger partial charge in [0.25, 0.3) is 15.9 Å². The van der Waals surface area contributed by atoms with Gasteiger partial charge in [0.15, 0.2) is 0 Å². The van der Waals surface area contributed by atoms with Crippen LogP contribution in [-0.4, -0.2) is 24.5 Å². The summed E-state index contributed by atoms with van der Waals surface area (Å²) < 4.78 is 27.2. The Hall–Kier alpha value is -2.62. The number of nitrogens with one attached hydrogen (secondary N) is 2. The van der Waals surface area contributed by atoms with E-state index in [0.29, 0.717) is 5.56 Å². The normalized spacial score (nSPS) is 11.3. The molecule has 0 atom stereocenters. The average molecular weight is 403 g/mol. The van der Waals surface area contributed by atoms with Crippen molar-refractivity contribution in [1.29, 1.82) is 0 Å². The Bertz CT molecular complexity index is 1080. The van der Waals surface area contributed by atoms with E-state index in [1.54, 1.807) is 12.1 Å². The van der Waals surface area contributed by atoms with Gasteiger partial charge < -0.3 is 0 Å². The summed E-state index contributed by atoms with van der Waals surface area (Å²) in [6.45, 7) is 3.88. The van der Waals surface area contributed by atoms with Gasteiger partial charge in [0.2, 0.25) is 9.47 Å². The van der Waals surface area contributed by atoms with E-state index in [4.69, 9.17) is 0 Å². The number of anilines is 1. The number of nitrogens with zero attached hydrogens (tertiary/aromatic N) is 2. The number of aromatic nitrogens is 2. The lowest BCUT2D eigenvalue weighted by atomic mass is 10.1. The van der Waals surface area contributed by atoms with Gasteiger partial charge in [-0.1, -0.05) is 53.8 Å². The van der Waals surface area contributed by atoms with E-state index in [1.165, 1.54) is 0 Å². The van der Waals surface area contributed by atoms with Crippen molar-refractivity contribution in [3.05, 3.63) is 70.8 Å². The van der Waals surface area contributed by atoms with Crippen LogP contribution in [0.15, 0.2) is 52.9 Å².